The van der Waals surface area contributed by atoms with Crippen LogP contribution in [0.2, 0.25) is 0 Å². The van der Waals surface area contributed by atoms with Gasteiger partial charge in [0.2, 0.25) is 5.91 Å². The number of likely N-dealkylation sites (N-methyl/N-ethyl adjacent to an activating group) is 1. The lowest BCUT2D eigenvalue weighted by Crippen LogP contribution is -2.57. The maximum atomic E-state index is 12.3. The SMILES string of the molecule is C=C(C)COc1ccc(NC(=O)N2CCN(C)C(=O)C2C)cc1. The highest BCUT2D eigenvalue weighted by Gasteiger charge is 2.32. The summed E-state index contributed by atoms with van der Waals surface area (Å²) in [5.74, 6) is 0.670. The quantitative estimate of drug-likeness (QED) is 0.867. The number of ether oxygens (including phenoxy) is 1. The number of nitrogens with zero attached hydrogens (tertiary/aromatic N) is 2. The number of amides is 3. The molecule has 124 valence electrons. The molecular weight excluding hydrogens is 294 g/mol. The number of carbonyl (C=O) groups is 2. The van der Waals surface area contributed by atoms with Crippen LogP contribution in [0.15, 0.2) is 36.4 Å². The molecule has 1 aliphatic rings. The molecule has 1 heterocycles. The van der Waals surface area contributed by atoms with E-state index in [1.165, 1.54) is 0 Å². The highest BCUT2D eigenvalue weighted by atomic mass is 16.5. The maximum Gasteiger partial charge on any atom is 0.322 e. The first-order chi connectivity index (χ1) is 10.9. The van der Waals surface area contributed by atoms with E-state index in [1.54, 1.807) is 48.0 Å². The van der Waals surface area contributed by atoms with Crippen LogP contribution in [0.5, 0.6) is 5.75 Å². The maximum absolute atomic E-state index is 12.3. The number of benzene rings is 1. The van der Waals surface area contributed by atoms with Crippen LogP contribution >= 0.6 is 0 Å². The van der Waals surface area contributed by atoms with Gasteiger partial charge in [0.25, 0.3) is 0 Å². The van der Waals surface area contributed by atoms with Crippen molar-refractivity contribution in [1.82, 2.24) is 9.80 Å². The van der Waals surface area contributed by atoms with Gasteiger partial charge in [-0.25, -0.2) is 4.79 Å². The van der Waals surface area contributed by atoms with Gasteiger partial charge in [-0.3, -0.25) is 4.79 Å². The first-order valence-corrected chi connectivity index (χ1v) is 7.58. The molecule has 1 saturated heterocycles. The van der Waals surface area contributed by atoms with E-state index in [0.29, 0.717) is 31.1 Å². The van der Waals surface area contributed by atoms with Gasteiger partial charge in [-0.15, -0.1) is 0 Å². The zero-order valence-corrected chi connectivity index (χ0v) is 13.8. The molecule has 1 aromatic carbocycles. The average molecular weight is 317 g/mol. The Labute approximate surface area is 136 Å². The molecule has 0 bridgehead atoms. The van der Waals surface area contributed by atoms with Gasteiger partial charge in [0, 0.05) is 25.8 Å². The second kappa shape index (κ2) is 7.17. The lowest BCUT2D eigenvalue weighted by atomic mass is 10.2. The number of hydrogen-bond donors (Lipinski definition) is 1. The highest BCUT2D eigenvalue weighted by Crippen LogP contribution is 2.18. The van der Waals surface area contributed by atoms with Crippen molar-refractivity contribution in [1.29, 1.82) is 0 Å². The summed E-state index contributed by atoms with van der Waals surface area (Å²) < 4.78 is 5.51. The molecular formula is C17H23N3O3. The fraction of sp³-hybridized carbons (Fsp3) is 0.412. The Balaban J connectivity index is 1.95. The summed E-state index contributed by atoms with van der Waals surface area (Å²) in [4.78, 5) is 27.5. The van der Waals surface area contributed by atoms with E-state index in [-0.39, 0.29) is 11.9 Å². The van der Waals surface area contributed by atoms with Gasteiger partial charge in [0.05, 0.1) is 0 Å². The predicted molar refractivity (Wildman–Crippen MR) is 89.6 cm³/mol. The fourth-order valence-electron chi connectivity index (χ4n) is 2.33. The van der Waals surface area contributed by atoms with Crippen molar-refractivity contribution in [3.05, 3.63) is 36.4 Å². The Morgan fingerprint density at radius 1 is 1.35 bits per heavy atom. The van der Waals surface area contributed by atoms with Crippen LogP contribution in [-0.4, -0.2) is 54.5 Å². The molecule has 1 N–H and O–H groups in total. The second-order valence-electron chi connectivity index (χ2n) is 5.83. The number of rotatable bonds is 4. The Hall–Kier alpha value is -2.50. The Morgan fingerprint density at radius 3 is 2.61 bits per heavy atom. The number of carbonyl (C=O) groups excluding carboxylic acids is 2. The standard InChI is InChI=1S/C17H23N3O3/c1-12(2)11-23-15-7-5-14(6-8-15)18-17(22)20-10-9-19(4)16(21)13(20)3/h5-8,13H,1,9-11H2,2-4H3,(H,18,22). The molecule has 1 fully saturated rings. The summed E-state index contributed by atoms with van der Waals surface area (Å²) in [7, 11) is 1.75. The van der Waals surface area contributed by atoms with Gasteiger partial charge >= 0.3 is 6.03 Å². The summed E-state index contributed by atoms with van der Waals surface area (Å²) in [5, 5.41) is 2.81. The van der Waals surface area contributed by atoms with Gasteiger partial charge in [-0.1, -0.05) is 6.58 Å². The summed E-state index contributed by atoms with van der Waals surface area (Å²) >= 11 is 0. The third-order valence-corrected chi connectivity index (χ3v) is 3.73. The summed E-state index contributed by atoms with van der Waals surface area (Å²) in [6.07, 6.45) is 0. The molecule has 6 heteroatoms. The molecule has 0 spiro atoms. The Bertz CT molecular complexity index is 598. The van der Waals surface area contributed by atoms with Crippen LogP contribution in [0.1, 0.15) is 13.8 Å². The van der Waals surface area contributed by atoms with E-state index in [1.807, 2.05) is 6.92 Å². The first-order valence-electron chi connectivity index (χ1n) is 7.58. The predicted octanol–water partition coefficient (Wildman–Crippen LogP) is 2.34. The van der Waals surface area contributed by atoms with E-state index in [0.717, 1.165) is 5.57 Å². The molecule has 1 aromatic rings. The smallest absolute Gasteiger partial charge is 0.322 e. The third kappa shape index (κ3) is 4.25. The molecule has 6 nitrogen and oxygen atoms in total. The molecule has 23 heavy (non-hydrogen) atoms. The summed E-state index contributed by atoms with van der Waals surface area (Å²) in [5.41, 5.74) is 1.60. The molecule has 1 unspecified atom stereocenters. The number of nitrogens with one attached hydrogen (secondary N) is 1. The molecule has 0 radical (unpaired) electrons. The van der Waals surface area contributed by atoms with Gasteiger partial charge in [-0.05, 0) is 43.7 Å². The molecule has 3 amide bonds. The second-order valence-corrected chi connectivity index (χ2v) is 5.83. The highest BCUT2D eigenvalue weighted by molar-refractivity contribution is 5.94. The van der Waals surface area contributed by atoms with Gasteiger partial charge in [0.15, 0.2) is 0 Å². The molecule has 0 aromatic heterocycles. The van der Waals surface area contributed by atoms with Crippen LogP contribution < -0.4 is 10.1 Å². The van der Waals surface area contributed by atoms with Gasteiger partial charge in [-0.2, -0.15) is 0 Å². The average Bonchev–Trinajstić information content (AvgIpc) is 2.52. The Morgan fingerprint density at radius 2 is 2.00 bits per heavy atom. The van der Waals surface area contributed by atoms with Crippen molar-refractivity contribution < 1.29 is 14.3 Å². The minimum absolute atomic E-state index is 0.0463. The van der Waals surface area contributed by atoms with E-state index in [2.05, 4.69) is 11.9 Å². The molecule has 1 aliphatic heterocycles. The molecule has 1 atom stereocenters. The van der Waals surface area contributed by atoms with Gasteiger partial charge in [0.1, 0.15) is 18.4 Å². The van der Waals surface area contributed by atoms with E-state index < -0.39 is 6.04 Å². The normalized spacial score (nSPS) is 17.9. The number of hydrogen-bond acceptors (Lipinski definition) is 3. The largest absolute Gasteiger partial charge is 0.489 e. The van der Waals surface area contributed by atoms with E-state index >= 15 is 0 Å². The van der Waals surface area contributed by atoms with Crippen molar-refractivity contribution >= 4 is 17.6 Å². The van der Waals surface area contributed by atoms with Crippen LogP contribution in [-0.2, 0) is 4.79 Å². The molecule has 0 saturated carbocycles. The van der Waals surface area contributed by atoms with Crippen molar-refractivity contribution in [2.24, 2.45) is 0 Å². The molecule has 2 rings (SSSR count). The monoisotopic (exact) mass is 317 g/mol. The minimum Gasteiger partial charge on any atom is -0.489 e. The molecule has 0 aliphatic carbocycles. The zero-order chi connectivity index (χ0) is 17.0. The van der Waals surface area contributed by atoms with Gasteiger partial charge < -0.3 is 19.9 Å². The lowest BCUT2D eigenvalue weighted by Gasteiger charge is -2.37. The Kier molecular flexibility index (Phi) is 5.26. The van der Waals surface area contributed by atoms with Crippen molar-refractivity contribution in [2.45, 2.75) is 19.9 Å². The van der Waals surface area contributed by atoms with Crippen molar-refractivity contribution in [2.75, 3.05) is 32.1 Å². The van der Waals surface area contributed by atoms with Crippen molar-refractivity contribution in [3.63, 3.8) is 0 Å². The number of anilines is 1. The lowest BCUT2D eigenvalue weighted by molar-refractivity contribution is -0.137. The van der Waals surface area contributed by atoms with Crippen molar-refractivity contribution in [3.8, 4) is 5.75 Å². The number of urea groups is 1. The first kappa shape index (κ1) is 16.9. The van der Waals surface area contributed by atoms with E-state index in [9.17, 15) is 9.59 Å². The zero-order valence-electron chi connectivity index (χ0n) is 13.8. The van der Waals surface area contributed by atoms with Crippen LogP contribution in [0.25, 0.3) is 0 Å². The third-order valence-electron chi connectivity index (χ3n) is 3.73. The summed E-state index contributed by atoms with van der Waals surface area (Å²) in [6.45, 7) is 8.95. The van der Waals surface area contributed by atoms with Crippen LogP contribution in [0.3, 0.4) is 0 Å². The topological polar surface area (TPSA) is 61.9 Å². The number of piperazine rings is 1. The summed E-state index contributed by atoms with van der Waals surface area (Å²) in [6, 6.07) is 6.40. The van der Waals surface area contributed by atoms with E-state index in [4.69, 9.17) is 4.74 Å². The minimum atomic E-state index is -0.452. The van der Waals surface area contributed by atoms with Crippen LogP contribution in [0, 0.1) is 0 Å². The fourth-order valence-corrected chi connectivity index (χ4v) is 2.33. The van der Waals surface area contributed by atoms with Crippen LogP contribution in [0.4, 0.5) is 10.5 Å².